The molecular formula is C18H18O2. The highest BCUT2D eigenvalue weighted by Crippen LogP contribution is 2.00. The standard InChI is InChI=1S/C10H10O.C8H8O/c1-9(11)7-8-10-5-3-2-4-6-10;1-7(9)8-5-3-2-4-6-8/h2-8H,1H3;2-6H,1H3. The highest BCUT2D eigenvalue weighted by molar-refractivity contribution is 5.93. The minimum absolute atomic E-state index is 0.0776. The van der Waals surface area contributed by atoms with Crippen LogP contribution in [0.5, 0.6) is 0 Å². The fourth-order valence-corrected chi connectivity index (χ4v) is 1.45. The molecule has 0 aliphatic rings. The maximum Gasteiger partial charge on any atom is 0.159 e. The lowest BCUT2D eigenvalue weighted by Gasteiger charge is -1.89. The molecule has 0 heterocycles. The topological polar surface area (TPSA) is 34.1 Å². The zero-order valence-corrected chi connectivity index (χ0v) is 11.7. The fourth-order valence-electron chi connectivity index (χ4n) is 1.45. The number of benzene rings is 2. The van der Waals surface area contributed by atoms with E-state index in [4.69, 9.17) is 0 Å². The summed E-state index contributed by atoms with van der Waals surface area (Å²) in [5.74, 6) is 0.199. The summed E-state index contributed by atoms with van der Waals surface area (Å²) in [5, 5.41) is 0. The second-order valence-electron chi connectivity index (χ2n) is 4.28. The van der Waals surface area contributed by atoms with E-state index in [0.29, 0.717) is 0 Å². The molecule has 102 valence electrons. The maximum atomic E-state index is 10.6. The van der Waals surface area contributed by atoms with Crippen LogP contribution in [0.4, 0.5) is 0 Å². The monoisotopic (exact) mass is 266 g/mol. The molecule has 0 N–H and O–H groups in total. The number of rotatable bonds is 3. The minimum Gasteiger partial charge on any atom is -0.295 e. The highest BCUT2D eigenvalue weighted by Gasteiger charge is 1.92. The van der Waals surface area contributed by atoms with E-state index in [-0.39, 0.29) is 11.6 Å². The van der Waals surface area contributed by atoms with Crippen LogP contribution < -0.4 is 0 Å². The first-order valence-corrected chi connectivity index (χ1v) is 6.39. The van der Waals surface area contributed by atoms with Gasteiger partial charge in [-0.25, -0.2) is 0 Å². The Labute approximate surface area is 119 Å². The van der Waals surface area contributed by atoms with Crippen molar-refractivity contribution in [3.63, 3.8) is 0 Å². The third-order valence-electron chi connectivity index (χ3n) is 2.49. The molecule has 2 aromatic rings. The number of hydrogen-bond donors (Lipinski definition) is 0. The number of Topliss-reactive ketones (excluding diaryl/α,β-unsaturated/α-hetero) is 1. The number of allylic oxidation sites excluding steroid dienone is 1. The molecule has 0 saturated carbocycles. The number of ketones is 2. The Kier molecular flexibility index (Phi) is 6.69. The van der Waals surface area contributed by atoms with Gasteiger partial charge >= 0.3 is 0 Å². The van der Waals surface area contributed by atoms with E-state index in [0.717, 1.165) is 11.1 Å². The second kappa shape index (κ2) is 8.59. The van der Waals surface area contributed by atoms with Crippen LogP contribution in [0.15, 0.2) is 66.7 Å². The molecule has 2 aromatic carbocycles. The van der Waals surface area contributed by atoms with Gasteiger partial charge in [-0.3, -0.25) is 9.59 Å². The summed E-state index contributed by atoms with van der Waals surface area (Å²) in [5.41, 5.74) is 1.83. The van der Waals surface area contributed by atoms with E-state index in [1.165, 1.54) is 0 Å². The van der Waals surface area contributed by atoms with Gasteiger partial charge in [0, 0.05) is 5.56 Å². The van der Waals surface area contributed by atoms with Crippen LogP contribution in [0.25, 0.3) is 6.08 Å². The lowest BCUT2D eigenvalue weighted by atomic mass is 10.2. The molecule has 20 heavy (non-hydrogen) atoms. The first-order valence-electron chi connectivity index (χ1n) is 6.39. The SMILES string of the molecule is CC(=O)C=Cc1ccccc1.CC(=O)c1ccccc1. The summed E-state index contributed by atoms with van der Waals surface area (Å²) in [4.78, 5) is 21.2. The predicted octanol–water partition coefficient (Wildman–Crippen LogP) is 4.18. The van der Waals surface area contributed by atoms with Crippen molar-refractivity contribution in [1.29, 1.82) is 0 Å². The Morgan fingerprint density at radius 2 is 1.30 bits per heavy atom. The lowest BCUT2D eigenvalue weighted by molar-refractivity contribution is -0.112. The van der Waals surface area contributed by atoms with E-state index in [9.17, 15) is 9.59 Å². The Hall–Kier alpha value is -2.48. The summed E-state index contributed by atoms with van der Waals surface area (Å²) in [7, 11) is 0. The van der Waals surface area contributed by atoms with Gasteiger partial charge in [0.05, 0.1) is 0 Å². The first-order chi connectivity index (χ1) is 9.59. The molecule has 2 heteroatoms. The molecule has 0 aliphatic heterocycles. The number of carbonyl (C=O) groups excluding carboxylic acids is 2. The van der Waals surface area contributed by atoms with Gasteiger partial charge < -0.3 is 0 Å². The molecule has 0 unspecified atom stereocenters. The van der Waals surface area contributed by atoms with Crippen LogP contribution in [0, 0.1) is 0 Å². The summed E-state index contributed by atoms with van der Waals surface area (Å²) in [6.45, 7) is 3.11. The normalized spacial score (nSPS) is 9.70. The largest absolute Gasteiger partial charge is 0.295 e. The summed E-state index contributed by atoms with van der Waals surface area (Å²) in [6, 6.07) is 19.0. The molecule has 2 nitrogen and oxygen atoms in total. The van der Waals surface area contributed by atoms with Crippen molar-refractivity contribution in [2.75, 3.05) is 0 Å². The van der Waals surface area contributed by atoms with Gasteiger partial charge in [0.25, 0.3) is 0 Å². The van der Waals surface area contributed by atoms with Crippen molar-refractivity contribution in [1.82, 2.24) is 0 Å². The molecular weight excluding hydrogens is 248 g/mol. The third-order valence-corrected chi connectivity index (χ3v) is 2.49. The fraction of sp³-hybridized carbons (Fsp3) is 0.111. The molecule has 0 aliphatic carbocycles. The van der Waals surface area contributed by atoms with Crippen LogP contribution in [0.1, 0.15) is 29.8 Å². The molecule has 0 atom stereocenters. The van der Waals surface area contributed by atoms with Crippen molar-refractivity contribution >= 4 is 17.6 Å². The van der Waals surface area contributed by atoms with Crippen molar-refractivity contribution < 1.29 is 9.59 Å². The molecule has 0 bridgehead atoms. The zero-order valence-electron chi connectivity index (χ0n) is 11.7. The molecule has 0 spiro atoms. The van der Waals surface area contributed by atoms with Gasteiger partial charge in [0.1, 0.15) is 0 Å². The molecule has 2 rings (SSSR count). The van der Waals surface area contributed by atoms with Crippen LogP contribution in [0.2, 0.25) is 0 Å². The van der Waals surface area contributed by atoms with Gasteiger partial charge in [-0.1, -0.05) is 66.7 Å². The Bertz CT molecular complexity index is 569. The van der Waals surface area contributed by atoms with Crippen LogP contribution in [0.3, 0.4) is 0 Å². The predicted molar refractivity (Wildman–Crippen MR) is 82.6 cm³/mol. The van der Waals surface area contributed by atoms with Gasteiger partial charge in [0.15, 0.2) is 11.6 Å². The van der Waals surface area contributed by atoms with Crippen LogP contribution >= 0.6 is 0 Å². The summed E-state index contributed by atoms with van der Waals surface area (Å²) in [6.07, 6.45) is 3.37. The average Bonchev–Trinajstić information content (AvgIpc) is 2.48. The molecule has 0 aromatic heterocycles. The molecule has 0 amide bonds. The second-order valence-corrected chi connectivity index (χ2v) is 4.28. The van der Waals surface area contributed by atoms with Gasteiger partial charge in [0.2, 0.25) is 0 Å². The van der Waals surface area contributed by atoms with Crippen molar-refractivity contribution in [2.24, 2.45) is 0 Å². The van der Waals surface area contributed by atoms with E-state index < -0.39 is 0 Å². The van der Waals surface area contributed by atoms with E-state index in [1.54, 1.807) is 19.9 Å². The van der Waals surface area contributed by atoms with E-state index in [2.05, 4.69) is 0 Å². The minimum atomic E-state index is 0.0776. The quantitative estimate of drug-likeness (QED) is 0.617. The number of hydrogen-bond acceptors (Lipinski definition) is 2. The van der Waals surface area contributed by atoms with Crippen molar-refractivity contribution in [3.8, 4) is 0 Å². The van der Waals surface area contributed by atoms with Crippen LogP contribution in [-0.4, -0.2) is 11.6 Å². The Morgan fingerprint density at radius 3 is 1.70 bits per heavy atom. The third kappa shape index (κ3) is 6.45. The Balaban J connectivity index is 0.000000204. The Morgan fingerprint density at radius 1 is 0.800 bits per heavy atom. The molecule has 0 saturated heterocycles. The van der Waals surface area contributed by atoms with Crippen LogP contribution in [-0.2, 0) is 4.79 Å². The number of carbonyl (C=O) groups is 2. The average molecular weight is 266 g/mol. The summed E-state index contributed by atoms with van der Waals surface area (Å²) < 4.78 is 0. The van der Waals surface area contributed by atoms with E-state index >= 15 is 0 Å². The lowest BCUT2D eigenvalue weighted by Crippen LogP contribution is -1.88. The van der Waals surface area contributed by atoms with E-state index in [1.807, 2.05) is 66.7 Å². The molecule has 0 radical (unpaired) electrons. The smallest absolute Gasteiger partial charge is 0.159 e. The van der Waals surface area contributed by atoms with Crippen molar-refractivity contribution in [3.05, 3.63) is 77.9 Å². The van der Waals surface area contributed by atoms with Gasteiger partial charge in [-0.2, -0.15) is 0 Å². The first kappa shape index (κ1) is 15.6. The van der Waals surface area contributed by atoms with Crippen molar-refractivity contribution in [2.45, 2.75) is 13.8 Å². The van der Waals surface area contributed by atoms with Gasteiger partial charge in [-0.15, -0.1) is 0 Å². The highest BCUT2D eigenvalue weighted by atomic mass is 16.1. The summed E-state index contributed by atoms with van der Waals surface area (Å²) >= 11 is 0. The van der Waals surface area contributed by atoms with Gasteiger partial charge in [-0.05, 0) is 25.5 Å². The molecule has 0 fully saturated rings. The maximum absolute atomic E-state index is 10.6. The zero-order chi connectivity index (χ0) is 14.8.